The van der Waals surface area contributed by atoms with E-state index in [2.05, 4.69) is 0 Å². The van der Waals surface area contributed by atoms with E-state index in [0.29, 0.717) is 5.56 Å². The number of carbonyl (C=O) groups is 1. The highest BCUT2D eigenvalue weighted by molar-refractivity contribution is 5.89. The first-order chi connectivity index (χ1) is 6.04. The van der Waals surface area contributed by atoms with Gasteiger partial charge in [-0.15, -0.1) is 0 Å². The van der Waals surface area contributed by atoms with Crippen LogP contribution in [0.1, 0.15) is 35.7 Å². The van der Waals surface area contributed by atoms with E-state index in [9.17, 15) is 9.18 Å². The standard InChI is InChI=1S/C10H11FO2/c1-6(2)7-4-3-5-8(11)9(7)10(12)13/h3-6H,1-2H3,(H,12,13). The fraction of sp³-hybridized carbons (Fsp3) is 0.300. The number of carboxylic acids is 1. The molecule has 0 atom stereocenters. The summed E-state index contributed by atoms with van der Waals surface area (Å²) in [5.74, 6) is -1.86. The van der Waals surface area contributed by atoms with E-state index in [0.717, 1.165) is 6.07 Å². The maximum atomic E-state index is 13.1. The molecule has 0 aliphatic carbocycles. The van der Waals surface area contributed by atoms with Crippen molar-refractivity contribution >= 4 is 5.97 Å². The van der Waals surface area contributed by atoms with Crippen LogP contribution in [0.5, 0.6) is 0 Å². The number of hydrogen-bond acceptors (Lipinski definition) is 1. The van der Waals surface area contributed by atoms with Crippen LogP contribution >= 0.6 is 0 Å². The maximum absolute atomic E-state index is 13.1. The Morgan fingerprint density at radius 1 is 1.46 bits per heavy atom. The fourth-order valence-corrected chi connectivity index (χ4v) is 1.25. The second kappa shape index (κ2) is 3.56. The summed E-state index contributed by atoms with van der Waals surface area (Å²) >= 11 is 0. The molecule has 0 saturated heterocycles. The third kappa shape index (κ3) is 1.86. The molecule has 0 aromatic heterocycles. The van der Waals surface area contributed by atoms with Crippen molar-refractivity contribution in [3.8, 4) is 0 Å². The highest BCUT2D eigenvalue weighted by Gasteiger charge is 2.16. The Bertz CT molecular complexity index is 332. The molecule has 0 radical (unpaired) electrons. The molecule has 0 amide bonds. The fourth-order valence-electron chi connectivity index (χ4n) is 1.25. The summed E-state index contributed by atoms with van der Waals surface area (Å²) in [6.07, 6.45) is 0. The van der Waals surface area contributed by atoms with Crippen molar-refractivity contribution < 1.29 is 14.3 Å². The average molecular weight is 182 g/mol. The second-order valence-corrected chi connectivity index (χ2v) is 3.16. The summed E-state index contributed by atoms with van der Waals surface area (Å²) < 4.78 is 13.1. The third-order valence-corrected chi connectivity index (χ3v) is 1.88. The third-order valence-electron chi connectivity index (χ3n) is 1.88. The lowest BCUT2D eigenvalue weighted by molar-refractivity contribution is 0.0690. The van der Waals surface area contributed by atoms with Crippen molar-refractivity contribution in [2.45, 2.75) is 19.8 Å². The molecule has 0 bridgehead atoms. The second-order valence-electron chi connectivity index (χ2n) is 3.16. The van der Waals surface area contributed by atoms with Crippen molar-refractivity contribution in [2.24, 2.45) is 0 Å². The first kappa shape index (κ1) is 9.71. The van der Waals surface area contributed by atoms with Crippen LogP contribution in [0.4, 0.5) is 4.39 Å². The van der Waals surface area contributed by atoms with Gasteiger partial charge in [0.05, 0.1) is 5.56 Å². The van der Waals surface area contributed by atoms with E-state index in [4.69, 9.17) is 5.11 Å². The van der Waals surface area contributed by atoms with Gasteiger partial charge in [-0.2, -0.15) is 0 Å². The molecule has 1 aromatic rings. The van der Waals surface area contributed by atoms with Crippen LogP contribution in [0.25, 0.3) is 0 Å². The van der Waals surface area contributed by atoms with E-state index < -0.39 is 11.8 Å². The predicted molar refractivity (Wildman–Crippen MR) is 47.4 cm³/mol. The summed E-state index contributed by atoms with van der Waals surface area (Å²) in [4.78, 5) is 10.7. The van der Waals surface area contributed by atoms with Gasteiger partial charge in [0, 0.05) is 0 Å². The molecule has 0 spiro atoms. The zero-order valence-corrected chi connectivity index (χ0v) is 7.54. The largest absolute Gasteiger partial charge is 0.478 e. The van der Waals surface area contributed by atoms with E-state index in [-0.39, 0.29) is 11.5 Å². The molecule has 3 heteroatoms. The molecule has 2 nitrogen and oxygen atoms in total. The van der Waals surface area contributed by atoms with Gasteiger partial charge in [-0.05, 0) is 17.5 Å². The van der Waals surface area contributed by atoms with E-state index in [1.807, 2.05) is 13.8 Å². The Kier molecular flexibility index (Phi) is 2.66. The zero-order chi connectivity index (χ0) is 10.0. The van der Waals surface area contributed by atoms with Gasteiger partial charge in [-0.25, -0.2) is 9.18 Å². The monoisotopic (exact) mass is 182 g/mol. The quantitative estimate of drug-likeness (QED) is 0.763. The Morgan fingerprint density at radius 2 is 2.08 bits per heavy atom. The molecule has 1 rings (SSSR count). The van der Waals surface area contributed by atoms with Crippen molar-refractivity contribution in [1.29, 1.82) is 0 Å². The molecular formula is C10H11FO2. The minimum Gasteiger partial charge on any atom is -0.478 e. The smallest absolute Gasteiger partial charge is 0.338 e. The lowest BCUT2D eigenvalue weighted by Gasteiger charge is -2.09. The lowest BCUT2D eigenvalue weighted by Crippen LogP contribution is -2.06. The van der Waals surface area contributed by atoms with Crippen LogP contribution in [0, 0.1) is 5.82 Å². The minimum absolute atomic E-state index is 0.0156. The van der Waals surface area contributed by atoms with Crippen molar-refractivity contribution in [1.82, 2.24) is 0 Å². The Balaban J connectivity index is 3.34. The molecule has 0 fully saturated rings. The normalized spacial score (nSPS) is 10.5. The first-order valence-electron chi connectivity index (χ1n) is 4.05. The highest BCUT2D eigenvalue weighted by atomic mass is 19.1. The molecule has 0 saturated carbocycles. The summed E-state index contributed by atoms with van der Waals surface area (Å²) in [6.45, 7) is 3.67. The molecule has 1 N–H and O–H groups in total. The van der Waals surface area contributed by atoms with Gasteiger partial charge in [0.15, 0.2) is 0 Å². The lowest BCUT2D eigenvalue weighted by atomic mass is 9.97. The predicted octanol–water partition coefficient (Wildman–Crippen LogP) is 2.65. The Hall–Kier alpha value is -1.38. The van der Waals surface area contributed by atoms with Gasteiger partial charge in [-0.3, -0.25) is 0 Å². The van der Waals surface area contributed by atoms with Gasteiger partial charge in [0.1, 0.15) is 5.82 Å². The molecule has 0 aliphatic heterocycles. The van der Waals surface area contributed by atoms with Crippen molar-refractivity contribution in [2.75, 3.05) is 0 Å². The molecule has 13 heavy (non-hydrogen) atoms. The number of rotatable bonds is 2. The highest BCUT2D eigenvalue weighted by Crippen LogP contribution is 2.21. The molecule has 70 valence electrons. The summed E-state index contributed by atoms with van der Waals surface area (Å²) in [5, 5.41) is 8.76. The maximum Gasteiger partial charge on any atom is 0.338 e. The van der Waals surface area contributed by atoms with E-state index in [1.165, 1.54) is 6.07 Å². The van der Waals surface area contributed by atoms with Crippen molar-refractivity contribution in [3.63, 3.8) is 0 Å². The van der Waals surface area contributed by atoms with Crippen molar-refractivity contribution in [3.05, 3.63) is 35.1 Å². The van der Waals surface area contributed by atoms with Crippen LogP contribution < -0.4 is 0 Å². The van der Waals surface area contributed by atoms with Gasteiger partial charge < -0.3 is 5.11 Å². The van der Waals surface area contributed by atoms with Crippen LogP contribution in [-0.2, 0) is 0 Å². The number of carboxylic acid groups (broad SMARTS) is 1. The molecular weight excluding hydrogens is 171 g/mol. The Labute approximate surface area is 76.0 Å². The SMILES string of the molecule is CC(C)c1cccc(F)c1C(=O)O. The van der Waals surface area contributed by atoms with E-state index >= 15 is 0 Å². The first-order valence-corrected chi connectivity index (χ1v) is 4.05. The number of aromatic carboxylic acids is 1. The summed E-state index contributed by atoms with van der Waals surface area (Å²) in [7, 11) is 0. The Morgan fingerprint density at radius 3 is 2.46 bits per heavy atom. The van der Waals surface area contributed by atoms with Crippen LogP contribution in [-0.4, -0.2) is 11.1 Å². The zero-order valence-electron chi connectivity index (χ0n) is 7.54. The van der Waals surface area contributed by atoms with Crippen LogP contribution in [0.15, 0.2) is 18.2 Å². The number of halogens is 1. The number of benzene rings is 1. The topological polar surface area (TPSA) is 37.3 Å². The average Bonchev–Trinajstić information content (AvgIpc) is 2.02. The molecule has 0 aliphatic rings. The van der Waals surface area contributed by atoms with Crippen LogP contribution in [0.3, 0.4) is 0 Å². The van der Waals surface area contributed by atoms with Gasteiger partial charge in [-0.1, -0.05) is 26.0 Å². The molecule has 0 heterocycles. The summed E-state index contributed by atoms with van der Waals surface area (Å²) in [6, 6.07) is 4.32. The summed E-state index contributed by atoms with van der Waals surface area (Å²) in [5.41, 5.74) is 0.324. The molecule has 1 aromatic carbocycles. The van der Waals surface area contributed by atoms with Crippen LogP contribution in [0.2, 0.25) is 0 Å². The minimum atomic E-state index is -1.21. The van der Waals surface area contributed by atoms with Gasteiger partial charge >= 0.3 is 5.97 Å². The van der Waals surface area contributed by atoms with Gasteiger partial charge in [0.25, 0.3) is 0 Å². The van der Waals surface area contributed by atoms with Gasteiger partial charge in [0.2, 0.25) is 0 Å². The van der Waals surface area contributed by atoms with E-state index in [1.54, 1.807) is 6.07 Å². The molecule has 0 unspecified atom stereocenters. The number of hydrogen-bond donors (Lipinski definition) is 1.